The highest BCUT2D eigenvalue weighted by Crippen LogP contribution is 2.27. The minimum absolute atomic E-state index is 0.0161. The smallest absolute Gasteiger partial charge is 0.251 e. The minimum Gasteiger partial charge on any atom is -0.497 e. The topological polar surface area (TPSA) is 38.3 Å². The summed E-state index contributed by atoms with van der Waals surface area (Å²) in [6.45, 7) is 0. The summed E-state index contributed by atoms with van der Waals surface area (Å²) in [4.78, 5) is 12.7. The van der Waals surface area contributed by atoms with Gasteiger partial charge >= 0.3 is 0 Å². The number of halogens is 1. The van der Waals surface area contributed by atoms with Crippen molar-refractivity contribution in [3.63, 3.8) is 0 Å². The van der Waals surface area contributed by atoms with Gasteiger partial charge in [0.05, 0.1) is 13.2 Å². The van der Waals surface area contributed by atoms with Crippen LogP contribution in [0.2, 0.25) is 0 Å². The Kier molecular flexibility index (Phi) is 5.91. The SMILES string of the molecule is COc1ccc(C(=O)NC(CCI)c2cccc3ccccc23)cc1. The summed E-state index contributed by atoms with van der Waals surface area (Å²) in [6.07, 6.45) is 0.885. The number of carbonyl (C=O) groups excluding carboxylic acids is 1. The molecule has 0 radical (unpaired) electrons. The summed E-state index contributed by atoms with van der Waals surface area (Å²) in [5, 5.41) is 5.58. The highest BCUT2D eigenvalue weighted by atomic mass is 127. The Balaban J connectivity index is 1.88. The molecule has 1 atom stereocenters. The van der Waals surface area contributed by atoms with E-state index in [9.17, 15) is 4.79 Å². The zero-order valence-electron chi connectivity index (χ0n) is 14.0. The van der Waals surface area contributed by atoms with Crippen molar-refractivity contribution < 1.29 is 9.53 Å². The van der Waals surface area contributed by atoms with E-state index in [4.69, 9.17) is 4.74 Å². The van der Waals surface area contributed by atoms with E-state index in [1.807, 2.05) is 12.1 Å². The molecule has 0 aliphatic carbocycles. The van der Waals surface area contributed by atoms with Crippen LogP contribution < -0.4 is 10.1 Å². The van der Waals surface area contributed by atoms with Gasteiger partial charge in [0.1, 0.15) is 5.75 Å². The monoisotopic (exact) mass is 445 g/mol. The third-order valence-corrected chi connectivity index (χ3v) is 4.88. The third kappa shape index (κ3) is 4.12. The summed E-state index contributed by atoms with van der Waals surface area (Å²) >= 11 is 2.36. The maximum atomic E-state index is 12.7. The second-order valence-electron chi connectivity index (χ2n) is 5.80. The molecule has 1 amide bonds. The quantitative estimate of drug-likeness (QED) is 0.421. The molecule has 0 saturated carbocycles. The van der Waals surface area contributed by atoms with Gasteiger partial charge in [-0.1, -0.05) is 65.1 Å². The predicted octanol–water partition coefficient (Wildman–Crippen LogP) is 5.14. The lowest BCUT2D eigenvalue weighted by Crippen LogP contribution is -2.29. The molecule has 0 spiro atoms. The number of hydrogen-bond acceptors (Lipinski definition) is 2. The first-order valence-electron chi connectivity index (χ1n) is 8.21. The number of benzene rings is 3. The average molecular weight is 445 g/mol. The molecule has 128 valence electrons. The summed E-state index contributed by atoms with van der Waals surface area (Å²) in [5.74, 6) is 0.680. The predicted molar refractivity (Wildman–Crippen MR) is 111 cm³/mol. The van der Waals surface area contributed by atoms with Crippen molar-refractivity contribution in [3.05, 3.63) is 77.9 Å². The number of nitrogens with one attached hydrogen (secondary N) is 1. The first-order chi connectivity index (χ1) is 12.2. The van der Waals surface area contributed by atoms with Crippen LogP contribution in [0.1, 0.15) is 28.4 Å². The van der Waals surface area contributed by atoms with E-state index in [1.165, 1.54) is 10.8 Å². The molecule has 1 N–H and O–H groups in total. The fourth-order valence-corrected chi connectivity index (χ4v) is 3.58. The van der Waals surface area contributed by atoms with Crippen LogP contribution in [0.5, 0.6) is 5.75 Å². The lowest BCUT2D eigenvalue weighted by molar-refractivity contribution is 0.0936. The molecule has 0 aliphatic heterocycles. The van der Waals surface area contributed by atoms with Crippen molar-refractivity contribution in [2.45, 2.75) is 12.5 Å². The lowest BCUT2D eigenvalue weighted by atomic mass is 9.97. The van der Waals surface area contributed by atoms with Crippen molar-refractivity contribution in [2.24, 2.45) is 0 Å². The Labute approximate surface area is 161 Å². The third-order valence-electron chi connectivity index (χ3n) is 4.25. The van der Waals surface area contributed by atoms with Gasteiger partial charge in [0.25, 0.3) is 5.91 Å². The Morgan fingerprint density at radius 3 is 2.48 bits per heavy atom. The van der Waals surface area contributed by atoms with Crippen LogP contribution in [-0.4, -0.2) is 17.4 Å². The number of amides is 1. The van der Waals surface area contributed by atoms with Gasteiger partial charge in [-0.3, -0.25) is 4.79 Å². The number of hydrogen-bond donors (Lipinski definition) is 1. The molecule has 0 fully saturated rings. The summed E-state index contributed by atoms with van der Waals surface area (Å²) in [6, 6.07) is 21.7. The van der Waals surface area contributed by atoms with Gasteiger partial charge in [-0.2, -0.15) is 0 Å². The Morgan fingerprint density at radius 1 is 1.04 bits per heavy atom. The summed E-state index contributed by atoms with van der Waals surface area (Å²) in [7, 11) is 1.62. The normalized spacial score (nSPS) is 11.9. The largest absolute Gasteiger partial charge is 0.497 e. The van der Waals surface area contributed by atoms with Gasteiger partial charge in [-0.25, -0.2) is 0 Å². The molecule has 4 heteroatoms. The molecule has 0 saturated heterocycles. The highest BCUT2D eigenvalue weighted by molar-refractivity contribution is 14.1. The molecule has 0 aromatic heterocycles. The Bertz CT molecular complexity index is 856. The van der Waals surface area contributed by atoms with Crippen LogP contribution >= 0.6 is 22.6 Å². The van der Waals surface area contributed by atoms with Gasteiger partial charge in [0, 0.05) is 9.99 Å². The molecule has 0 aliphatic rings. The lowest BCUT2D eigenvalue weighted by Gasteiger charge is -2.20. The van der Waals surface area contributed by atoms with Crippen LogP contribution in [0.15, 0.2) is 66.7 Å². The highest BCUT2D eigenvalue weighted by Gasteiger charge is 2.17. The number of rotatable bonds is 6. The van der Waals surface area contributed by atoms with Crippen LogP contribution in [-0.2, 0) is 0 Å². The fourth-order valence-electron chi connectivity index (χ4n) is 2.95. The van der Waals surface area contributed by atoms with Crippen molar-refractivity contribution >= 4 is 39.3 Å². The first kappa shape index (κ1) is 17.7. The van der Waals surface area contributed by atoms with Gasteiger partial charge < -0.3 is 10.1 Å². The minimum atomic E-state index is -0.0644. The first-order valence-corrected chi connectivity index (χ1v) is 9.74. The Hall–Kier alpha value is -2.08. The molecule has 3 aromatic carbocycles. The molecule has 3 nitrogen and oxygen atoms in total. The second-order valence-corrected chi connectivity index (χ2v) is 6.88. The molecule has 0 heterocycles. The molecule has 3 aromatic rings. The van der Waals surface area contributed by atoms with Crippen LogP contribution in [0.4, 0.5) is 0 Å². The zero-order valence-corrected chi connectivity index (χ0v) is 16.2. The van der Waals surface area contributed by atoms with E-state index in [1.54, 1.807) is 31.4 Å². The second kappa shape index (κ2) is 8.34. The zero-order chi connectivity index (χ0) is 17.6. The number of alkyl halides is 1. The van der Waals surface area contributed by atoms with Gasteiger partial charge in [-0.05, 0) is 47.0 Å². The molecule has 1 unspecified atom stereocenters. The number of fused-ring (bicyclic) bond motifs is 1. The van der Waals surface area contributed by atoms with Crippen molar-refractivity contribution in [2.75, 3.05) is 11.5 Å². The fraction of sp³-hybridized carbons (Fsp3) is 0.190. The molecule has 3 rings (SSSR count). The van der Waals surface area contributed by atoms with E-state index in [2.05, 4.69) is 58.2 Å². The van der Waals surface area contributed by atoms with Crippen LogP contribution in [0.3, 0.4) is 0 Å². The van der Waals surface area contributed by atoms with Crippen molar-refractivity contribution in [1.29, 1.82) is 0 Å². The molecular weight excluding hydrogens is 425 g/mol. The number of carbonyl (C=O) groups is 1. The van der Waals surface area contributed by atoms with Gasteiger partial charge in [0.15, 0.2) is 0 Å². The molecule has 0 bridgehead atoms. The van der Waals surface area contributed by atoms with E-state index in [-0.39, 0.29) is 11.9 Å². The van der Waals surface area contributed by atoms with Crippen LogP contribution in [0, 0.1) is 0 Å². The summed E-state index contributed by atoms with van der Waals surface area (Å²) in [5.41, 5.74) is 1.80. The Morgan fingerprint density at radius 2 is 1.76 bits per heavy atom. The number of methoxy groups -OCH3 is 1. The average Bonchev–Trinajstić information content (AvgIpc) is 2.67. The van der Waals surface area contributed by atoms with Gasteiger partial charge in [0.2, 0.25) is 0 Å². The van der Waals surface area contributed by atoms with E-state index in [0.717, 1.165) is 22.2 Å². The maximum absolute atomic E-state index is 12.7. The maximum Gasteiger partial charge on any atom is 0.251 e. The van der Waals surface area contributed by atoms with Crippen LogP contribution in [0.25, 0.3) is 10.8 Å². The number of ether oxygens (including phenoxy) is 1. The van der Waals surface area contributed by atoms with E-state index in [0.29, 0.717) is 5.56 Å². The molecule has 25 heavy (non-hydrogen) atoms. The van der Waals surface area contributed by atoms with E-state index >= 15 is 0 Å². The molecular formula is C21H20INO2. The van der Waals surface area contributed by atoms with Gasteiger partial charge in [-0.15, -0.1) is 0 Å². The van der Waals surface area contributed by atoms with E-state index < -0.39 is 0 Å². The van der Waals surface area contributed by atoms with Crippen molar-refractivity contribution in [1.82, 2.24) is 5.32 Å². The van der Waals surface area contributed by atoms with Crippen molar-refractivity contribution in [3.8, 4) is 5.75 Å². The standard InChI is InChI=1S/C21H20INO2/c1-25-17-11-9-16(10-12-17)21(24)23-20(13-14-22)19-8-4-6-15-5-2-3-7-18(15)19/h2-12,20H,13-14H2,1H3,(H,23,24). The summed E-state index contributed by atoms with van der Waals surface area (Å²) < 4.78 is 6.12.